The summed E-state index contributed by atoms with van der Waals surface area (Å²) < 4.78 is 11.6. The first-order chi connectivity index (χ1) is 16.8. The number of nitrogens with one attached hydrogen (secondary N) is 1. The molecule has 35 heavy (non-hydrogen) atoms. The number of amides is 1. The number of anilines is 1. The van der Waals surface area contributed by atoms with Gasteiger partial charge in [-0.2, -0.15) is 0 Å². The highest BCUT2D eigenvalue weighted by atomic mass is 16.6. The predicted octanol–water partition coefficient (Wildman–Crippen LogP) is 6.84. The molecule has 0 unspecified atom stereocenters. The first-order valence-corrected chi connectivity index (χ1v) is 10.9. The first-order valence-electron chi connectivity index (χ1n) is 10.9. The number of nitro groups is 1. The van der Waals surface area contributed by atoms with Crippen LogP contribution < -0.4 is 5.32 Å². The molecular formula is C27H21N3O5. The number of benzene rings is 3. The number of oxazole rings is 1. The fraction of sp³-hybridized carbons (Fsp3) is 0.111. The molecule has 5 aromatic rings. The summed E-state index contributed by atoms with van der Waals surface area (Å²) in [6, 6.07) is 18.8. The van der Waals surface area contributed by atoms with E-state index in [9.17, 15) is 14.9 Å². The number of para-hydroxylation sites is 1. The van der Waals surface area contributed by atoms with Crippen molar-refractivity contribution < 1.29 is 18.6 Å². The molecule has 2 aromatic heterocycles. The van der Waals surface area contributed by atoms with Gasteiger partial charge in [0.1, 0.15) is 11.3 Å². The zero-order chi connectivity index (χ0) is 24.7. The lowest BCUT2D eigenvalue weighted by molar-refractivity contribution is -0.384. The summed E-state index contributed by atoms with van der Waals surface area (Å²) in [5, 5.41) is 14.2. The molecule has 1 amide bonds. The molecule has 0 bridgehead atoms. The maximum Gasteiger partial charge on any atom is 0.291 e. The molecule has 0 saturated heterocycles. The van der Waals surface area contributed by atoms with Gasteiger partial charge in [0, 0.05) is 17.3 Å². The number of nitro benzene ring substituents is 1. The topological polar surface area (TPSA) is 111 Å². The highest BCUT2D eigenvalue weighted by molar-refractivity contribution is 6.03. The zero-order valence-electron chi connectivity index (χ0n) is 19.3. The van der Waals surface area contributed by atoms with Crippen LogP contribution in [0.5, 0.6) is 0 Å². The standard InChI is InChI=1S/C27H21N3O5/c1-15-8-9-18(27-29-21-12-16(2)17(3)13-25(21)35-27)14-20(15)28-26(31)24-11-10-23(34-24)19-6-4-5-7-22(19)30(32)33/h4-14H,1-3H3,(H,28,31). The number of nitrogens with zero attached hydrogens (tertiary/aromatic N) is 2. The summed E-state index contributed by atoms with van der Waals surface area (Å²) in [7, 11) is 0. The van der Waals surface area contributed by atoms with E-state index in [0.29, 0.717) is 22.7 Å². The number of aromatic nitrogens is 1. The average molecular weight is 467 g/mol. The number of aryl methyl sites for hydroxylation is 3. The van der Waals surface area contributed by atoms with E-state index in [0.717, 1.165) is 27.8 Å². The van der Waals surface area contributed by atoms with E-state index in [-0.39, 0.29) is 17.2 Å². The van der Waals surface area contributed by atoms with Crippen LogP contribution in [0.3, 0.4) is 0 Å². The van der Waals surface area contributed by atoms with Crippen molar-refractivity contribution in [1.82, 2.24) is 4.98 Å². The van der Waals surface area contributed by atoms with Crippen LogP contribution in [0, 0.1) is 30.9 Å². The monoisotopic (exact) mass is 467 g/mol. The van der Waals surface area contributed by atoms with Crippen molar-refractivity contribution in [2.45, 2.75) is 20.8 Å². The van der Waals surface area contributed by atoms with Gasteiger partial charge < -0.3 is 14.2 Å². The number of carbonyl (C=O) groups excluding carboxylic acids is 1. The largest absolute Gasteiger partial charge is 0.451 e. The minimum Gasteiger partial charge on any atom is -0.451 e. The molecule has 0 atom stereocenters. The Bertz CT molecular complexity index is 1570. The Morgan fingerprint density at radius 3 is 2.49 bits per heavy atom. The van der Waals surface area contributed by atoms with Crippen LogP contribution in [0.15, 0.2) is 75.6 Å². The molecule has 0 saturated carbocycles. The van der Waals surface area contributed by atoms with E-state index in [4.69, 9.17) is 8.83 Å². The lowest BCUT2D eigenvalue weighted by Crippen LogP contribution is -2.11. The first kappa shape index (κ1) is 22.1. The Morgan fingerprint density at radius 2 is 1.69 bits per heavy atom. The number of hydrogen-bond acceptors (Lipinski definition) is 6. The summed E-state index contributed by atoms with van der Waals surface area (Å²) in [5.74, 6) is 0.261. The van der Waals surface area contributed by atoms with Crippen LogP contribution in [0.2, 0.25) is 0 Å². The van der Waals surface area contributed by atoms with Gasteiger partial charge in [0.15, 0.2) is 11.3 Å². The molecule has 0 aliphatic carbocycles. The number of rotatable bonds is 5. The van der Waals surface area contributed by atoms with Crippen LogP contribution >= 0.6 is 0 Å². The van der Waals surface area contributed by atoms with Gasteiger partial charge in [0.2, 0.25) is 5.89 Å². The van der Waals surface area contributed by atoms with Gasteiger partial charge >= 0.3 is 0 Å². The van der Waals surface area contributed by atoms with Crippen molar-refractivity contribution >= 4 is 28.4 Å². The van der Waals surface area contributed by atoms with E-state index in [1.165, 1.54) is 12.1 Å². The van der Waals surface area contributed by atoms with Crippen LogP contribution in [0.25, 0.3) is 33.9 Å². The Hall–Kier alpha value is -4.72. The molecule has 5 rings (SSSR count). The third kappa shape index (κ3) is 4.17. The van der Waals surface area contributed by atoms with Crippen molar-refractivity contribution in [2.24, 2.45) is 0 Å². The Balaban J connectivity index is 1.42. The molecular weight excluding hydrogens is 446 g/mol. The minimum atomic E-state index is -0.485. The van der Waals surface area contributed by atoms with E-state index >= 15 is 0 Å². The third-order valence-electron chi connectivity index (χ3n) is 5.93. The van der Waals surface area contributed by atoms with E-state index < -0.39 is 10.8 Å². The second-order valence-electron chi connectivity index (χ2n) is 8.35. The van der Waals surface area contributed by atoms with Gasteiger partial charge in [-0.05, 0) is 79.9 Å². The Labute approximate surface area is 200 Å². The fourth-order valence-electron chi connectivity index (χ4n) is 3.82. The third-order valence-corrected chi connectivity index (χ3v) is 5.93. The van der Waals surface area contributed by atoms with Gasteiger partial charge in [0.25, 0.3) is 11.6 Å². The summed E-state index contributed by atoms with van der Waals surface area (Å²) in [5.41, 5.74) is 6.07. The highest BCUT2D eigenvalue weighted by Gasteiger charge is 2.20. The van der Waals surface area contributed by atoms with Crippen molar-refractivity contribution in [3.05, 3.63) is 99.3 Å². The molecule has 0 radical (unpaired) electrons. The minimum absolute atomic E-state index is 0.0377. The molecule has 8 heteroatoms. The second-order valence-corrected chi connectivity index (χ2v) is 8.35. The van der Waals surface area contributed by atoms with E-state index in [1.54, 1.807) is 30.3 Å². The Morgan fingerprint density at radius 1 is 0.914 bits per heavy atom. The Kier molecular flexibility index (Phi) is 5.41. The molecule has 0 aliphatic heterocycles. The molecule has 0 fully saturated rings. The molecule has 0 spiro atoms. The highest BCUT2D eigenvalue weighted by Crippen LogP contribution is 2.32. The van der Waals surface area contributed by atoms with Crippen LogP contribution in [0.4, 0.5) is 11.4 Å². The molecule has 174 valence electrons. The molecule has 3 aromatic carbocycles. The van der Waals surface area contributed by atoms with Gasteiger partial charge in [-0.15, -0.1) is 0 Å². The van der Waals surface area contributed by atoms with Crippen LogP contribution in [-0.4, -0.2) is 15.8 Å². The maximum atomic E-state index is 12.9. The number of hydrogen-bond donors (Lipinski definition) is 1. The number of carbonyl (C=O) groups is 1. The fourth-order valence-corrected chi connectivity index (χ4v) is 3.82. The van der Waals surface area contributed by atoms with Gasteiger partial charge in [0.05, 0.1) is 10.5 Å². The molecule has 2 heterocycles. The second kappa shape index (κ2) is 8.57. The lowest BCUT2D eigenvalue weighted by Gasteiger charge is -2.08. The van der Waals surface area contributed by atoms with Gasteiger partial charge in [-0.3, -0.25) is 14.9 Å². The molecule has 0 aliphatic rings. The zero-order valence-corrected chi connectivity index (χ0v) is 19.3. The number of fused-ring (bicyclic) bond motifs is 1. The number of furan rings is 1. The SMILES string of the molecule is Cc1cc2nc(-c3ccc(C)c(NC(=O)c4ccc(-c5ccccc5[N+](=O)[O-])o4)c3)oc2cc1C. The van der Waals surface area contributed by atoms with Crippen LogP contribution in [-0.2, 0) is 0 Å². The van der Waals surface area contributed by atoms with E-state index in [2.05, 4.69) is 10.3 Å². The molecule has 8 nitrogen and oxygen atoms in total. The predicted molar refractivity (Wildman–Crippen MR) is 132 cm³/mol. The molecule has 1 N–H and O–H groups in total. The van der Waals surface area contributed by atoms with Gasteiger partial charge in [-0.1, -0.05) is 18.2 Å². The summed E-state index contributed by atoms with van der Waals surface area (Å²) in [6.45, 7) is 5.92. The van der Waals surface area contributed by atoms with Crippen molar-refractivity contribution in [1.29, 1.82) is 0 Å². The van der Waals surface area contributed by atoms with Crippen LogP contribution in [0.1, 0.15) is 27.2 Å². The maximum absolute atomic E-state index is 12.9. The van der Waals surface area contributed by atoms with Gasteiger partial charge in [-0.25, -0.2) is 4.98 Å². The van der Waals surface area contributed by atoms with E-state index in [1.807, 2.05) is 45.0 Å². The quantitative estimate of drug-likeness (QED) is 0.224. The van der Waals surface area contributed by atoms with Crippen molar-refractivity contribution in [3.63, 3.8) is 0 Å². The average Bonchev–Trinajstić information content (AvgIpc) is 3.48. The lowest BCUT2D eigenvalue weighted by atomic mass is 10.1. The smallest absolute Gasteiger partial charge is 0.291 e. The summed E-state index contributed by atoms with van der Waals surface area (Å²) in [6.07, 6.45) is 0. The van der Waals surface area contributed by atoms with Crippen molar-refractivity contribution in [2.75, 3.05) is 5.32 Å². The summed E-state index contributed by atoms with van der Waals surface area (Å²) >= 11 is 0. The van der Waals surface area contributed by atoms with Crippen molar-refractivity contribution in [3.8, 4) is 22.8 Å². The normalized spacial score (nSPS) is 11.1. The summed E-state index contributed by atoms with van der Waals surface area (Å²) in [4.78, 5) is 28.4.